The van der Waals surface area contributed by atoms with E-state index in [1.54, 1.807) is 6.92 Å². The SMILES string of the molecule is CC(=O)c1cnn(-c2ccncc2F)c1C. The molecular formula is C11H10FN3O. The first kappa shape index (κ1) is 10.5. The lowest BCUT2D eigenvalue weighted by Crippen LogP contribution is -2.03. The number of carbonyl (C=O) groups excluding carboxylic acids is 1. The molecule has 0 amide bonds. The molecule has 0 aliphatic carbocycles. The number of nitrogens with zero attached hydrogens (tertiary/aromatic N) is 3. The maximum Gasteiger partial charge on any atom is 0.167 e. The number of hydrogen-bond donors (Lipinski definition) is 0. The Morgan fingerprint density at radius 3 is 2.75 bits per heavy atom. The lowest BCUT2D eigenvalue weighted by Gasteiger charge is -2.05. The molecule has 0 aliphatic heterocycles. The number of pyridine rings is 1. The minimum atomic E-state index is -0.469. The van der Waals surface area contributed by atoms with Crippen molar-refractivity contribution in [2.75, 3.05) is 0 Å². The van der Waals surface area contributed by atoms with Gasteiger partial charge in [-0.3, -0.25) is 9.78 Å². The largest absolute Gasteiger partial charge is 0.294 e. The van der Waals surface area contributed by atoms with Gasteiger partial charge in [-0.2, -0.15) is 5.10 Å². The quantitative estimate of drug-likeness (QED) is 0.725. The third-order valence-corrected chi connectivity index (χ3v) is 2.37. The summed E-state index contributed by atoms with van der Waals surface area (Å²) >= 11 is 0. The zero-order chi connectivity index (χ0) is 11.7. The lowest BCUT2D eigenvalue weighted by atomic mass is 10.2. The summed E-state index contributed by atoms with van der Waals surface area (Å²) in [4.78, 5) is 14.9. The second-order valence-corrected chi connectivity index (χ2v) is 3.44. The Morgan fingerprint density at radius 2 is 2.19 bits per heavy atom. The molecule has 2 heterocycles. The smallest absolute Gasteiger partial charge is 0.167 e. The number of rotatable bonds is 2. The molecule has 0 radical (unpaired) electrons. The highest BCUT2D eigenvalue weighted by atomic mass is 19.1. The van der Waals surface area contributed by atoms with Crippen LogP contribution in [0.3, 0.4) is 0 Å². The molecule has 0 fully saturated rings. The monoisotopic (exact) mass is 219 g/mol. The van der Waals surface area contributed by atoms with Crippen LogP contribution >= 0.6 is 0 Å². The van der Waals surface area contributed by atoms with Gasteiger partial charge in [0.05, 0.1) is 23.7 Å². The van der Waals surface area contributed by atoms with E-state index in [2.05, 4.69) is 10.1 Å². The van der Waals surface area contributed by atoms with Gasteiger partial charge in [0.2, 0.25) is 0 Å². The molecule has 0 aliphatic rings. The first-order chi connectivity index (χ1) is 7.61. The topological polar surface area (TPSA) is 47.8 Å². The maximum absolute atomic E-state index is 13.5. The van der Waals surface area contributed by atoms with Crippen molar-refractivity contribution < 1.29 is 9.18 Å². The first-order valence-corrected chi connectivity index (χ1v) is 4.76. The van der Waals surface area contributed by atoms with Crippen LogP contribution in [0.5, 0.6) is 0 Å². The Hall–Kier alpha value is -2.04. The molecule has 0 unspecified atom stereocenters. The van der Waals surface area contributed by atoms with Crippen molar-refractivity contribution in [3.05, 3.63) is 41.7 Å². The predicted molar refractivity (Wildman–Crippen MR) is 56.1 cm³/mol. The van der Waals surface area contributed by atoms with Crippen LogP contribution in [0.1, 0.15) is 23.0 Å². The number of halogens is 1. The Morgan fingerprint density at radius 1 is 1.44 bits per heavy atom. The Balaban J connectivity index is 2.58. The van der Waals surface area contributed by atoms with Crippen LogP contribution in [-0.2, 0) is 0 Å². The van der Waals surface area contributed by atoms with Crippen molar-refractivity contribution >= 4 is 5.78 Å². The number of aromatic nitrogens is 3. The van der Waals surface area contributed by atoms with Gasteiger partial charge in [-0.15, -0.1) is 0 Å². The highest BCUT2D eigenvalue weighted by molar-refractivity contribution is 5.95. The van der Waals surface area contributed by atoms with E-state index in [0.717, 1.165) is 6.20 Å². The van der Waals surface area contributed by atoms with Crippen LogP contribution in [0.2, 0.25) is 0 Å². The molecule has 0 N–H and O–H groups in total. The number of carbonyl (C=O) groups is 1. The van der Waals surface area contributed by atoms with E-state index in [-0.39, 0.29) is 5.78 Å². The summed E-state index contributed by atoms with van der Waals surface area (Å²) in [6, 6.07) is 1.51. The number of ketones is 1. The standard InChI is InChI=1S/C11H10FN3O/c1-7-9(8(2)16)5-14-15(7)11-3-4-13-6-10(11)12/h3-6H,1-2H3. The average molecular weight is 219 g/mol. The molecule has 82 valence electrons. The molecule has 0 saturated carbocycles. The molecule has 0 spiro atoms. The second kappa shape index (κ2) is 3.84. The lowest BCUT2D eigenvalue weighted by molar-refractivity contribution is 0.101. The van der Waals surface area contributed by atoms with Crippen molar-refractivity contribution in [3.63, 3.8) is 0 Å². The van der Waals surface area contributed by atoms with Gasteiger partial charge >= 0.3 is 0 Å². The molecule has 0 aromatic carbocycles. The van der Waals surface area contributed by atoms with Gasteiger partial charge in [-0.1, -0.05) is 0 Å². The Labute approximate surface area is 91.7 Å². The highest BCUT2D eigenvalue weighted by Crippen LogP contribution is 2.16. The van der Waals surface area contributed by atoms with Crippen LogP contribution in [0, 0.1) is 12.7 Å². The number of Topliss-reactive ketones (excluding diaryl/α,β-unsaturated/α-hetero) is 1. The summed E-state index contributed by atoms with van der Waals surface area (Å²) in [5, 5.41) is 4.00. The maximum atomic E-state index is 13.5. The molecule has 0 saturated heterocycles. The van der Waals surface area contributed by atoms with E-state index in [1.807, 2.05) is 0 Å². The molecule has 5 heteroatoms. The van der Waals surface area contributed by atoms with Crippen LogP contribution < -0.4 is 0 Å². The molecule has 2 aromatic rings. The van der Waals surface area contributed by atoms with Gasteiger partial charge in [0, 0.05) is 6.20 Å². The van der Waals surface area contributed by atoms with E-state index < -0.39 is 5.82 Å². The third-order valence-electron chi connectivity index (χ3n) is 2.37. The zero-order valence-corrected chi connectivity index (χ0v) is 8.94. The van der Waals surface area contributed by atoms with E-state index in [1.165, 1.54) is 30.1 Å². The summed E-state index contributed by atoms with van der Waals surface area (Å²) in [5.41, 5.74) is 1.41. The van der Waals surface area contributed by atoms with Crippen molar-refractivity contribution in [2.45, 2.75) is 13.8 Å². The van der Waals surface area contributed by atoms with Crippen molar-refractivity contribution in [1.82, 2.24) is 14.8 Å². The molecule has 0 atom stereocenters. The molecule has 16 heavy (non-hydrogen) atoms. The Bertz CT molecular complexity index is 548. The fourth-order valence-corrected chi connectivity index (χ4v) is 1.54. The van der Waals surface area contributed by atoms with Crippen LogP contribution in [-0.4, -0.2) is 20.5 Å². The summed E-state index contributed by atoms with van der Waals surface area (Å²) in [6.07, 6.45) is 4.04. The minimum Gasteiger partial charge on any atom is -0.294 e. The molecule has 0 bridgehead atoms. The molecule has 4 nitrogen and oxygen atoms in total. The summed E-state index contributed by atoms with van der Waals surface area (Å²) in [6.45, 7) is 3.18. The van der Waals surface area contributed by atoms with E-state index in [0.29, 0.717) is 16.9 Å². The van der Waals surface area contributed by atoms with E-state index in [4.69, 9.17) is 0 Å². The van der Waals surface area contributed by atoms with E-state index in [9.17, 15) is 9.18 Å². The number of hydrogen-bond acceptors (Lipinski definition) is 3. The predicted octanol–water partition coefficient (Wildman–Crippen LogP) is 1.92. The van der Waals surface area contributed by atoms with Gasteiger partial charge < -0.3 is 0 Å². The van der Waals surface area contributed by atoms with Gasteiger partial charge in [0.15, 0.2) is 11.6 Å². The second-order valence-electron chi connectivity index (χ2n) is 3.44. The fourth-order valence-electron chi connectivity index (χ4n) is 1.54. The zero-order valence-electron chi connectivity index (χ0n) is 8.94. The van der Waals surface area contributed by atoms with Gasteiger partial charge in [-0.25, -0.2) is 9.07 Å². The Kier molecular flexibility index (Phi) is 2.52. The highest BCUT2D eigenvalue weighted by Gasteiger charge is 2.13. The van der Waals surface area contributed by atoms with Crippen molar-refractivity contribution in [1.29, 1.82) is 0 Å². The molecule has 2 rings (SSSR count). The molecular weight excluding hydrogens is 209 g/mol. The van der Waals surface area contributed by atoms with Crippen molar-refractivity contribution in [3.8, 4) is 5.69 Å². The normalized spacial score (nSPS) is 10.4. The van der Waals surface area contributed by atoms with Gasteiger partial charge in [0.1, 0.15) is 5.69 Å². The summed E-state index contributed by atoms with van der Waals surface area (Å²) < 4.78 is 14.9. The van der Waals surface area contributed by atoms with Gasteiger partial charge in [0.25, 0.3) is 0 Å². The van der Waals surface area contributed by atoms with Crippen LogP contribution in [0.4, 0.5) is 4.39 Å². The fraction of sp³-hybridized carbons (Fsp3) is 0.182. The van der Waals surface area contributed by atoms with E-state index >= 15 is 0 Å². The van der Waals surface area contributed by atoms with Crippen LogP contribution in [0.25, 0.3) is 5.69 Å². The van der Waals surface area contributed by atoms with Gasteiger partial charge in [-0.05, 0) is 19.9 Å². The summed E-state index contributed by atoms with van der Waals surface area (Å²) in [5.74, 6) is -0.554. The summed E-state index contributed by atoms with van der Waals surface area (Å²) in [7, 11) is 0. The average Bonchev–Trinajstić information content (AvgIpc) is 2.61. The molecule has 2 aromatic heterocycles. The third kappa shape index (κ3) is 1.60. The minimum absolute atomic E-state index is 0.0850. The first-order valence-electron chi connectivity index (χ1n) is 4.76. The van der Waals surface area contributed by atoms with Crippen molar-refractivity contribution in [2.24, 2.45) is 0 Å². The van der Waals surface area contributed by atoms with Crippen LogP contribution in [0.15, 0.2) is 24.7 Å².